The number of aliphatic hydroxyl groups excluding tert-OH is 1. The lowest BCUT2D eigenvalue weighted by Crippen LogP contribution is -2.36. The van der Waals surface area contributed by atoms with Gasteiger partial charge in [0.15, 0.2) is 5.13 Å². The maximum Gasteiger partial charge on any atom is 0.186 e. The zero-order chi connectivity index (χ0) is 13.4. The summed E-state index contributed by atoms with van der Waals surface area (Å²) < 4.78 is 1.31. The third-order valence-corrected chi connectivity index (χ3v) is 5.23. The summed E-state index contributed by atoms with van der Waals surface area (Å²) in [6.07, 6.45) is 2.29. The highest BCUT2D eigenvalue weighted by atomic mass is 32.1. The predicted octanol–water partition coefficient (Wildman–Crippen LogP) is 3.12. The molecule has 0 radical (unpaired) electrons. The maximum atomic E-state index is 9.34. The summed E-state index contributed by atoms with van der Waals surface area (Å²) in [6, 6.07) is 4.32. The minimum Gasteiger partial charge on any atom is -0.396 e. The van der Waals surface area contributed by atoms with E-state index in [0.29, 0.717) is 12.5 Å². The Labute approximate surface area is 117 Å². The van der Waals surface area contributed by atoms with E-state index in [1.807, 2.05) is 0 Å². The van der Waals surface area contributed by atoms with Crippen LogP contribution in [0.25, 0.3) is 10.2 Å². The van der Waals surface area contributed by atoms with E-state index in [1.165, 1.54) is 15.8 Å². The van der Waals surface area contributed by atoms with Crippen molar-refractivity contribution in [1.82, 2.24) is 4.98 Å². The Morgan fingerprint density at radius 1 is 1.37 bits per heavy atom. The van der Waals surface area contributed by atoms with Gasteiger partial charge in [0.25, 0.3) is 0 Å². The summed E-state index contributed by atoms with van der Waals surface area (Å²) in [5.74, 6) is 0.406. The van der Waals surface area contributed by atoms with Crippen LogP contribution in [0, 0.1) is 19.8 Å². The smallest absolute Gasteiger partial charge is 0.186 e. The van der Waals surface area contributed by atoms with Gasteiger partial charge >= 0.3 is 0 Å². The Morgan fingerprint density at radius 3 is 2.89 bits per heavy atom. The largest absolute Gasteiger partial charge is 0.396 e. The van der Waals surface area contributed by atoms with Crippen molar-refractivity contribution < 1.29 is 5.11 Å². The molecule has 2 aromatic rings. The van der Waals surface area contributed by atoms with E-state index in [2.05, 4.69) is 30.9 Å². The van der Waals surface area contributed by atoms with Gasteiger partial charge in [-0.25, -0.2) is 4.98 Å². The van der Waals surface area contributed by atoms with Gasteiger partial charge < -0.3 is 10.0 Å². The van der Waals surface area contributed by atoms with Crippen molar-refractivity contribution in [2.24, 2.45) is 5.92 Å². The van der Waals surface area contributed by atoms with E-state index in [9.17, 15) is 5.11 Å². The molecule has 1 N–H and O–H groups in total. The van der Waals surface area contributed by atoms with Gasteiger partial charge in [-0.05, 0) is 43.7 Å². The molecule has 1 saturated heterocycles. The summed E-state index contributed by atoms with van der Waals surface area (Å²) in [7, 11) is 0. The fourth-order valence-corrected chi connectivity index (χ4v) is 3.92. The zero-order valence-electron chi connectivity index (χ0n) is 11.5. The molecular formula is C15H20N2OS. The molecule has 1 aliphatic heterocycles. The van der Waals surface area contributed by atoms with Gasteiger partial charge in [0.2, 0.25) is 0 Å². The first-order chi connectivity index (χ1) is 9.19. The van der Waals surface area contributed by atoms with Crippen LogP contribution in [0.5, 0.6) is 0 Å². The number of aryl methyl sites for hydroxylation is 2. The first-order valence-corrected chi connectivity index (χ1v) is 7.73. The molecule has 1 aromatic carbocycles. The monoisotopic (exact) mass is 276 g/mol. The van der Waals surface area contributed by atoms with Crippen LogP contribution < -0.4 is 4.90 Å². The molecule has 4 heteroatoms. The molecule has 1 aliphatic rings. The van der Waals surface area contributed by atoms with Gasteiger partial charge in [-0.3, -0.25) is 0 Å². The first kappa shape index (κ1) is 12.9. The second kappa shape index (κ2) is 5.10. The number of fused-ring (bicyclic) bond motifs is 1. The molecule has 2 heterocycles. The average Bonchev–Trinajstić information content (AvgIpc) is 2.89. The highest BCUT2D eigenvalue weighted by Gasteiger charge is 2.22. The highest BCUT2D eigenvalue weighted by Crippen LogP contribution is 2.34. The van der Waals surface area contributed by atoms with Crippen molar-refractivity contribution >= 4 is 26.7 Å². The lowest BCUT2D eigenvalue weighted by molar-refractivity contribution is 0.208. The molecule has 1 fully saturated rings. The van der Waals surface area contributed by atoms with Crippen LogP contribution in [-0.4, -0.2) is 29.8 Å². The number of anilines is 1. The summed E-state index contributed by atoms with van der Waals surface area (Å²) >= 11 is 1.79. The highest BCUT2D eigenvalue weighted by molar-refractivity contribution is 7.22. The molecule has 1 aromatic heterocycles. The number of hydrogen-bond donors (Lipinski definition) is 1. The van der Waals surface area contributed by atoms with Crippen LogP contribution in [0.15, 0.2) is 12.1 Å². The second-order valence-electron chi connectivity index (χ2n) is 5.51. The van der Waals surface area contributed by atoms with Gasteiger partial charge in [0.05, 0.1) is 10.2 Å². The average molecular weight is 276 g/mol. The molecule has 1 atom stereocenters. The Hall–Kier alpha value is -1.13. The van der Waals surface area contributed by atoms with Crippen molar-refractivity contribution in [1.29, 1.82) is 0 Å². The molecule has 0 bridgehead atoms. The van der Waals surface area contributed by atoms with Gasteiger partial charge in [-0.15, -0.1) is 0 Å². The van der Waals surface area contributed by atoms with Crippen molar-refractivity contribution in [2.45, 2.75) is 26.7 Å². The van der Waals surface area contributed by atoms with Gasteiger partial charge in [-0.1, -0.05) is 23.5 Å². The predicted molar refractivity (Wildman–Crippen MR) is 81.1 cm³/mol. The third kappa shape index (κ3) is 2.35. The van der Waals surface area contributed by atoms with E-state index in [4.69, 9.17) is 4.98 Å². The van der Waals surface area contributed by atoms with Crippen molar-refractivity contribution in [2.75, 3.05) is 24.6 Å². The lowest BCUT2D eigenvalue weighted by atomic mass is 10.00. The summed E-state index contributed by atoms with van der Waals surface area (Å²) in [4.78, 5) is 7.17. The van der Waals surface area contributed by atoms with Crippen LogP contribution in [-0.2, 0) is 0 Å². The SMILES string of the molecule is Cc1ccc(C)c2sc(N3CCCC(CO)C3)nc12. The number of aliphatic hydroxyl groups is 1. The normalized spacial score (nSPS) is 20.2. The molecule has 0 aliphatic carbocycles. The summed E-state index contributed by atoms with van der Waals surface area (Å²) in [5.41, 5.74) is 3.70. The van der Waals surface area contributed by atoms with Crippen molar-refractivity contribution in [3.05, 3.63) is 23.3 Å². The fourth-order valence-electron chi connectivity index (χ4n) is 2.77. The Kier molecular flexibility index (Phi) is 3.46. The summed E-state index contributed by atoms with van der Waals surface area (Å²) in [6.45, 7) is 6.57. The second-order valence-corrected chi connectivity index (χ2v) is 6.49. The molecular weight excluding hydrogens is 256 g/mol. The van der Waals surface area contributed by atoms with Gasteiger partial charge in [-0.2, -0.15) is 0 Å². The Bertz CT molecular complexity index is 554. The minimum absolute atomic E-state index is 0.291. The van der Waals surface area contributed by atoms with E-state index >= 15 is 0 Å². The molecule has 1 unspecified atom stereocenters. The van der Waals surface area contributed by atoms with Crippen LogP contribution in [0.2, 0.25) is 0 Å². The standard InChI is InChI=1S/C15H20N2OS/c1-10-5-6-11(2)14-13(10)16-15(19-14)17-7-3-4-12(8-17)9-18/h5-6,12,18H,3-4,7-9H2,1-2H3. The fraction of sp³-hybridized carbons (Fsp3) is 0.533. The minimum atomic E-state index is 0.291. The Balaban J connectivity index is 1.97. The molecule has 0 saturated carbocycles. The number of thiazole rings is 1. The number of benzene rings is 1. The molecule has 0 spiro atoms. The van der Waals surface area contributed by atoms with Gasteiger partial charge in [0.1, 0.15) is 0 Å². The number of rotatable bonds is 2. The third-order valence-electron chi connectivity index (χ3n) is 3.98. The molecule has 3 nitrogen and oxygen atoms in total. The maximum absolute atomic E-state index is 9.34. The molecule has 102 valence electrons. The number of aromatic nitrogens is 1. The van der Waals surface area contributed by atoms with Crippen LogP contribution >= 0.6 is 11.3 Å². The quantitative estimate of drug-likeness (QED) is 0.915. The molecule has 0 amide bonds. The molecule has 3 rings (SSSR count). The lowest BCUT2D eigenvalue weighted by Gasteiger charge is -2.31. The van der Waals surface area contributed by atoms with Crippen molar-refractivity contribution in [3.8, 4) is 0 Å². The van der Waals surface area contributed by atoms with E-state index in [1.54, 1.807) is 11.3 Å². The van der Waals surface area contributed by atoms with Crippen LogP contribution in [0.3, 0.4) is 0 Å². The van der Waals surface area contributed by atoms with Crippen molar-refractivity contribution in [3.63, 3.8) is 0 Å². The van der Waals surface area contributed by atoms with E-state index < -0.39 is 0 Å². The van der Waals surface area contributed by atoms with Crippen LogP contribution in [0.1, 0.15) is 24.0 Å². The van der Waals surface area contributed by atoms with E-state index in [0.717, 1.165) is 36.6 Å². The number of piperidine rings is 1. The first-order valence-electron chi connectivity index (χ1n) is 6.91. The topological polar surface area (TPSA) is 36.4 Å². The van der Waals surface area contributed by atoms with E-state index in [-0.39, 0.29) is 0 Å². The van der Waals surface area contributed by atoms with Crippen LogP contribution in [0.4, 0.5) is 5.13 Å². The molecule has 19 heavy (non-hydrogen) atoms. The summed E-state index contributed by atoms with van der Waals surface area (Å²) in [5, 5.41) is 10.5. The number of nitrogens with zero attached hydrogens (tertiary/aromatic N) is 2. The zero-order valence-corrected chi connectivity index (χ0v) is 12.3. The number of hydrogen-bond acceptors (Lipinski definition) is 4. The van der Waals surface area contributed by atoms with Gasteiger partial charge in [0, 0.05) is 19.7 Å². The Morgan fingerprint density at radius 2 is 2.16 bits per heavy atom.